The minimum Gasteiger partial charge on any atom is -0.382 e. The van der Waals surface area contributed by atoms with Crippen LogP contribution in [0.2, 0.25) is 0 Å². The molecule has 18 heavy (non-hydrogen) atoms. The summed E-state index contributed by atoms with van der Waals surface area (Å²) in [4.78, 5) is 0. The van der Waals surface area contributed by atoms with Gasteiger partial charge in [-0.3, -0.25) is 4.68 Å². The first-order chi connectivity index (χ1) is 8.75. The van der Waals surface area contributed by atoms with Crippen molar-refractivity contribution in [3.63, 3.8) is 0 Å². The monoisotopic (exact) mass is 243 g/mol. The van der Waals surface area contributed by atoms with Gasteiger partial charge < -0.3 is 5.32 Å². The molecule has 0 aliphatic heterocycles. The van der Waals surface area contributed by atoms with Crippen molar-refractivity contribution in [3.8, 4) is 0 Å². The topological polar surface area (TPSA) is 29.9 Å². The molecular weight excluding hydrogens is 222 g/mol. The molecule has 2 aromatic rings. The van der Waals surface area contributed by atoms with E-state index >= 15 is 0 Å². The van der Waals surface area contributed by atoms with Gasteiger partial charge in [-0.25, -0.2) is 0 Å². The van der Waals surface area contributed by atoms with E-state index in [1.807, 2.05) is 10.9 Å². The molecule has 3 heteroatoms. The molecule has 1 N–H and O–H groups in total. The lowest BCUT2D eigenvalue weighted by atomic mass is 10.1. The van der Waals surface area contributed by atoms with E-state index in [4.69, 9.17) is 0 Å². The van der Waals surface area contributed by atoms with Crippen LogP contribution in [-0.4, -0.2) is 16.3 Å². The summed E-state index contributed by atoms with van der Waals surface area (Å²) < 4.78 is 1.97. The Morgan fingerprint density at radius 3 is 2.67 bits per heavy atom. The molecule has 0 radical (unpaired) electrons. The summed E-state index contributed by atoms with van der Waals surface area (Å²) in [5.41, 5.74) is 2.51. The first kappa shape index (κ1) is 12.7. The number of anilines is 1. The highest BCUT2D eigenvalue weighted by atomic mass is 15.3. The van der Waals surface area contributed by atoms with Crippen molar-refractivity contribution in [1.82, 2.24) is 9.78 Å². The first-order valence-electron chi connectivity index (χ1n) is 6.57. The summed E-state index contributed by atoms with van der Waals surface area (Å²) in [7, 11) is 0. The Hall–Kier alpha value is -1.77. The summed E-state index contributed by atoms with van der Waals surface area (Å²) in [6.07, 6.45) is 6.21. The van der Waals surface area contributed by atoms with Crippen molar-refractivity contribution in [2.45, 2.75) is 32.7 Å². The van der Waals surface area contributed by atoms with Crippen LogP contribution in [0.5, 0.6) is 0 Å². The van der Waals surface area contributed by atoms with Gasteiger partial charge in [0, 0.05) is 18.8 Å². The maximum absolute atomic E-state index is 4.31. The molecule has 0 amide bonds. The van der Waals surface area contributed by atoms with E-state index in [0.717, 1.165) is 25.1 Å². The van der Waals surface area contributed by atoms with Gasteiger partial charge in [0.1, 0.15) is 0 Å². The number of aromatic nitrogens is 2. The Bertz CT molecular complexity index is 460. The normalized spacial score (nSPS) is 10.8. The SMILES string of the molecule is CC(C)n1cc(NCCCc2ccccc2)cn1. The predicted octanol–water partition coefficient (Wildman–Crippen LogP) is 3.51. The Kier molecular flexibility index (Phi) is 4.40. The van der Waals surface area contributed by atoms with Crippen molar-refractivity contribution in [2.75, 3.05) is 11.9 Å². The molecular formula is C15H21N3. The number of hydrogen-bond acceptors (Lipinski definition) is 2. The number of hydrogen-bond donors (Lipinski definition) is 1. The minimum atomic E-state index is 0.421. The fraction of sp³-hybridized carbons (Fsp3) is 0.400. The fourth-order valence-corrected chi connectivity index (χ4v) is 1.88. The third-order valence-corrected chi connectivity index (χ3v) is 2.94. The van der Waals surface area contributed by atoms with Crippen LogP contribution in [0.1, 0.15) is 31.9 Å². The van der Waals surface area contributed by atoms with Crippen molar-refractivity contribution in [1.29, 1.82) is 0 Å². The molecule has 0 spiro atoms. The highest BCUT2D eigenvalue weighted by Gasteiger charge is 2.00. The summed E-state index contributed by atoms with van der Waals surface area (Å²) in [6.45, 7) is 5.25. The summed E-state index contributed by atoms with van der Waals surface area (Å²) in [5.74, 6) is 0. The van der Waals surface area contributed by atoms with Crippen LogP contribution in [0.25, 0.3) is 0 Å². The first-order valence-corrected chi connectivity index (χ1v) is 6.57. The smallest absolute Gasteiger partial charge is 0.0726 e. The lowest BCUT2D eigenvalue weighted by Crippen LogP contribution is -2.03. The van der Waals surface area contributed by atoms with E-state index in [1.165, 1.54) is 5.56 Å². The molecule has 0 aliphatic rings. The van der Waals surface area contributed by atoms with E-state index in [0.29, 0.717) is 6.04 Å². The summed E-state index contributed by atoms with van der Waals surface area (Å²) in [5, 5.41) is 7.71. The molecule has 0 fully saturated rings. The average Bonchev–Trinajstić information content (AvgIpc) is 2.85. The Morgan fingerprint density at radius 1 is 1.22 bits per heavy atom. The van der Waals surface area contributed by atoms with Crippen molar-refractivity contribution in [3.05, 3.63) is 48.3 Å². The zero-order chi connectivity index (χ0) is 12.8. The van der Waals surface area contributed by atoms with Gasteiger partial charge in [-0.05, 0) is 32.3 Å². The average molecular weight is 243 g/mol. The Morgan fingerprint density at radius 2 is 2.00 bits per heavy atom. The van der Waals surface area contributed by atoms with Gasteiger partial charge in [0.2, 0.25) is 0 Å². The van der Waals surface area contributed by atoms with Gasteiger partial charge in [-0.15, -0.1) is 0 Å². The van der Waals surface area contributed by atoms with E-state index in [-0.39, 0.29) is 0 Å². The van der Waals surface area contributed by atoms with E-state index in [2.05, 4.69) is 60.8 Å². The molecule has 0 bridgehead atoms. The van der Waals surface area contributed by atoms with Gasteiger partial charge in [0.15, 0.2) is 0 Å². The largest absolute Gasteiger partial charge is 0.382 e. The molecule has 1 heterocycles. The van der Waals surface area contributed by atoms with Gasteiger partial charge in [-0.2, -0.15) is 5.10 Å². The molecule has 2 rings (SSSR count). The molecule has 3 nitrogen and oxygen atoms in total. The lowest BCUT2D eigenvalue weighted by Gasteiger charge is -2.05. The van der Waals surface area contributed by atoms with Gasteiger partial charge >= 0.3 is 0 Å². The highest BCUT2D eigenvalue weighted by Crippen LogP contribution is 2.10. The lowest BCUT2D eigenvalue weighted by molar-refractivity contribution is 0.532. The van der Waals surface area contributed by atoms with E-state index in [1.54, 1.807) is 0 Å². The molecule has 0 aliphatic carbocycles. The molecule has 96 valence electrons. The van der Waals surface area contributed by atoms with Crippen LogP contribution in [0.15, 0.2) is 42.7 Å². The molecule has 1 aromatic heterocycles. The van der Waals surface area contributed by atoms with Crippen LogP contribution < -0.4 is 5.32 Å². The van der Waals surface area contributed by atoms with E-state index in [9.17, 15) is 0 Å². The quantitative estimate of drug-likeness (QED) is 0.787. The zero-order valence-corrected chi connectivity index (χ0v) is 11.1. The Balaban J connectivity index is 1.72. The Labute approximate surface area is 109 Å². The second kappa shape index (κ2) is 6.24. The van der Waals surface area contributed by atoms with Crippen LogP contribution in [-0.2, 0) is 6.42 Å². The van der Waals surface area contributed by atoms with Gasteiger partial charge in [0.05, 0.1) is 11.9 Å². The maximum Gasteiger partial charge on any atom is 0.0726 e. The van der Waals surface area contributed by atoms with Crippen molar-refractivity contribution >= 4 is 5.69 Å². The van der Waals surface area contributed by atoms with Crippen molar-refractivity contribution in [2.24, 2.45) is 0 Å². The number of nitrogens with one attached hydrogen (secondary N) is 1. The number of nitrogens with zero attached hydrogens (tertiary/aromatic N) is 2. The molecule has 0 saturated carbocycles. The van der Waals surface area contributed by atoms with Crippen molar-refractivity contribution < 1.29 is 0 Å². The number of aryl methyl sites for hydroxylation is 1. The third-order valence-electron chi connectivity index (χ3n) is 2.94. The summed E-state index contributed by atoms with van der Waals surface area (Å²) in [6, 6.07) is 11.0. The molecule has 1 aromatic carbocycles. The zero-order valence-electron chi connectivity index (χ0n) is 11.1. The molecule has 0 saturated heterocycles. The minimum absolute atomic E-state index is 0.421. The molecule has 0 unspecified atom stereocenters. The molecule has 0 atom stereocenters. The van der Waals surface area contributed by atoms with E-state index < -0.39 is 0 Å². The third kappa shape index (κ3) is 3.62. The van der Waals surface area contributed by atoms with Crippen LogP contribution in [0.4, 0.5) is 5.69 Å². The van der Waals surface area contributed by atoms with Crippen LogP contribution in [0, 0.1) is 0 Å². The van der Waals surface area contributed by atoms with Crippen LogP contribution in [0.3, 0.4) is 0 Å². The second-order valence-electron chi connectivity index (χ2n) is 4.82. The standard InChI is InChI=1S/C15H21N3/c1-13(2)18-12-15(11-17-18)16-10-6-9-14-7-4-3-5-8-14/h3-5,7-8,11-13,16H,6,9-10H2,1-2H3. The second-order valence-corrected chi connectivity index (χ2v) is 4.82. The van der Waals surface area contributed by atoms with Crippen LogP contribution >= 0.6 is 0 Å². The number of rotatable bonds is 6. The highest BCUT2D eigenvalue weighted by molar-refractivity contribution is 5.38. The summed E-state index contributed by atoms with van der Waals surface area (Å²) >= 11 is 0. The number of benzene rings is 1. The predicted molar refractivity (Wildman–Crippen MR) is 75.9 cm³/mol. The maximum atomic E-state index is 4.31. The van der Waals surface area contributed by atoms with Gasteiger partial charge in [0.25, 0.3) is 0 Å². The van der Waals surface area contributed by atoms with Gasteiger partial charge in [-0.1, -0.05) is 30.3 Å². The fourth-order valence-electron chi connectivity index (χ4n) is 1.88.